The Hall–Kier alpha value is -1.47. The number of rotatable bonds is 5. The number of pyridine rings is 1. The summed E-state index contributed by atoms with van der Waals surface area (Å²) >= 11 is 0. The highest BCUT2D eigenvalue weighted by atomic mass is 32.2. The molecular formula is C20H29N3O3S. The van der Waals surface area contributed by atoms with Crippen LogP contribution in [0.5, 0.6) is 0 Å². The lowest BCUT2D eigenvalue weighted by Crippen LogP contribution is -2.47. The van der Waals surface area contributed by atoms with Gasteiger partial charge in [-0.3, -0.25) is 9.78 Å². The Morgan fingerprint density at radius 2 is 2.00 bits per heavy atom. The molecular weight excluding hydrogens is 362 g/mol. The molecule has 2 heterocycles. The number of sulfonamides is 1. The first kappa shape index (κ1) is 18.9. The van der Waals surface area contributed by atoms with Gasteiger partial charge in [0, 0.05) is 37.4 Å². The van der Waals surface area contributed by atoms with Gasteiger partial charge < -0.3 is 5.32 Å². The number of carbonyl (C=O) groups excluding carboxylic acids is 1. The molecule has 4 rings (SSSR count). The molecule has 2 saturated carbocycles. The molecule has 0 spiro atoms. The van der Waals surface area contributed by atoms with Crippen molar-refractivity contribution in [2.24, 2.45) is 23.7 Å². The Morgan fingerprint density at radius 1 is 1.22 bits per heavy atom. The van der Waals surface area contributed by atoms with Crippen LogP contribution in [0.2, 0.25) is 0 Å². The largest absolute Gasteiger partial charge is 0.353 e. The van der Waals surface area contributed by atoms with Crippen molar-refractivity contribution < 1.29 is 13.2 Å². The van der Waals surface area contributed by atoms with Crippen LogP contribution >= 0.6 is 0 Å². The van der Waals surface area contributed by atoms with Gasteiger partial charge in [0.25, 0.3) is 0 Å². The minimum atomic E-state index is -3.51. The van der Waals surface area contributed by atoms with Crippen LogP contribution in [0.4, 0.5) is 0 Å². The summed E-state index contributed by atoms with van der Waals surface area (Å²) in [7, 11) is -3.51. The number of piperidine rings is 1. The zero-order valence-electron chi connectivity index (χ0n) is 15.9. The van der Waals surface area contributed by atoms with Crippen LogP contribution in [-0.2, 0) is 14.8 Å². The van der Waals surface area contributed by atoms with Crippen molar-refractivity contribution in [2.45, 2.75) is 56.4 Å². The molecule has 148 valence electrons. The number of aromatic nitrogens is 1. The van der Waals surface area contributed by atoms with Crippen molar-refractivity contribution in [2.75, 3.05) is 13.1 Å². The number of hydrogen-bond acceptors (Lipinski definition) is 4. The summed E-state index contributed by atoms with van der Waals surface area (Å²) in [6.07, 6.45) is 9.39. The van der Waals surface area contributed by atoms with Gasteiger partial charge in [0.15, 0.2) is 0 Å². The summed E-state index contributed by atoms with van der Waals surface area (Å²) in [4.78, 5) is 16.8. The van der Waals surface area contributed by atoms with Gasteiger partial charge in [-0.1, -0.05) is 6.42 Å². The number of fused-ring (bicyclic) bond motifs is 2. The molecule has 3 aliphatic rings. The van der Waals surface area contributed by atoms with Crippen molar-refractivity contribution in [1.82, 2.24) is 14.6 Å². The van der Waals surface area contributed by atoms with Crippen LogP contribution in [0.25, 0.3) is 0 Å². The van der Waals surface area contributed by atoms with Crippen molar-refractivity contribution >= 4 is 15.9 Å². The third-order valence-corrected chi connectivity index (χ3v) is 8.78. The highest BCUT2D eigenvalue weighted by Gasteiger charge is 2.42. The van der Waals surface area contributed by atoms with Crippen LogP contribution in [-0.4, -0.2) is 42.7 Å². The molecule has 6 nitrogen and oxygen atoms in total. The molecule has 1 aromatic rings. The fraction of sp³-hybridized carbons (Fsp3) is 0.700. The zero-order chi connectivity index (χ0) is 19.0. The number of nitrogens with one attached hydrogen (secondary N) is 1. The van der Waals surface area contributed by atoms with Crippen molar-refractivity contribution in [3.05, 3.63) is 24.5 Å². The van der Waals surface area contributed by atoms with Crippen LogP contribution in [0.3, 0.4) is 0 Å². The lowest BCUT2D eigenvalue weighted by Gasteiger charge is -2.33. The van der Waals surface area contributed by atoms with Gasteiger partial charge in [0.2, 0.25) is 15.9 Å². The van der Waals surface area contributed by atoms with Gasteiger partial charge in [-0.05, 0) is 68.9 Å². The van der Waals surface area contributed by atoms with E-state index >= 15 is 0 Å². The van der Waals surface area contributed by atoms with Crippen molar-refractivity contribution in [1.29, 1.82) is 0 Å². The summed E-state index contributed by atoms with van der Waals surface area (Å²) in [5, 5.41) is 3.24. The molecule has 0 unspecified atom stereocenters. The average Bonchev–Trinajstić information content (AvgIpc) is 3.32. The van der Waals surface area contributed by atoms with Crippen molar-refractivity contribution in [3.8, 4) is 0 Å². The maximum absolute atomic E-state index is 12.7. The molecule has 2 aliphatic carbocycles. The maximum Gasteiger partial charge on any atom is 0.244 e. The van der Waals surface area contributed by atoms with Crippen LogP contribution < -0.4 is 5.32 Å². The molecule has 1 saturated heterocycles. The van der Waals surface area contributed by atoms with Crippen LogP contribution in [0.15, 0.2) is 29.4 Å². The van der Waals surface area contributed by atoms with E-state index in [0.29, 0.717) is 31.8 Å². The Kier molecular flexibility index (Phi) is 5.25. The normalized spacial score (nSPS) is 30.3. The number of nitrogens with zero attached hydrogens (tertiary/aromatic N) is 2. The van der Waals surface area contributed by atoms with Gasteiger partial charge >= 0.3 is 0 Å². The smallest absolute Gasteiger partial charge is 0.244 e. The SMILES string of the molecule is C[C@@H](NC(=O)C1CCN(S(=O)(=O)c2cccnc2)CC1)[C@H]1C[C@H]2CC[C@H]1C2. The van der Waals surface area contributed by atoms with E-state index in [1.807, 2.05) is 0 Å². The van der Waals surface area contributed by atoms with Crippen molar-refractivity contribution in [3.63, 3.8) is 0 Å². The van der Waals surface area contributed by atoms with Gasteiger partial charge in [0.1, 0.15) is 4.90 Å². The Morgan fingerprint density at radius 3 is 2.59 bits per heavy atom. The first-order valence-corrected chi connectivity index (χ1v) is 11.6. The summed E-state index contributed by atoms with van der Waals surface area (Å²) in [5.41, 5.74) is 0. The standard InChI is InChI=1S/C20H29N3O3S/c1-14(19-12-15-4-5-17(19)11-15)22-20(24)16-6-9-23(10-7-16)27(25,26)18-3-2-8-21-13-18/h2-3,8,13-17,19H,4-7,9-12H2,1H3,(H,22,24)/t14-,15+,17+,19-/m1/s1. The molecule has 7 heteroatoms. The molecule has 1 N–H and O–H groups in total. The first-order chi connectivity index (χ1) is 12.9. The summed E-state index contributed by atoms with van der Waals surface area (Å²) < 4.78 is 26.8. The number of amides is 1. The maximum atomic E-state index is 12.7. The molecule has 3 fully saturated rings. The van der Waals surface area contributed by atoms with E-state index in [1.165, 1.54) is 36.2 Å². The number of carbonyl (C=O) groups is 1. The third-order valence-electron chi connectivity index (χ3n) is 6.90. The Bertz CT molecular complexity index is 775. The molecule has 0 radical (unpaired) electrons. The average molecular weight is 392 g/mol. The molecule has 1 aliphatic heterocycles. The lowest BCUT2D eigenvalue weighted by atomic mass is 9.83. The topological polar surface area (TPSA) is 79.4 Å². The summed E-state index contributed by atoms with van der Waals surface area (Å²) in [6, 6.07) is 3.42. The van der Waals surface area contributed by atoms with E-state index in [9.17, 15) is 13.2 Å². The second-order valence-electron chi connectivity index (χ2n) is 8.50. The Labute approximate surface area is 161 Å². The van der Waals surface area contributed by atoms with E-state index in [-0.39, 0.29) is 22.8 Å². The quantitative estimate of drug-likeness (QED) is 0.836. The lowest BCUT2D eigenvalue weighted by molar-refractivity contribution is -0.127. The van der Waals surface area contributed by atoms with Gasteiger partial charge in [-0.25, -0.2) is 8.42 Å². The van der Waals surface area contributed by atoms with Gasteiger partial charge in [-0.15, -0.1) is 0 Å². The highest BCUT2D eigenvalue weighted by Crippen LogP contribution is 2.49. The van der Waals surface area contributed by atoms with E-state index in [2.05, 4.69) is 17.2 Å². The summed E-state index contributed by atoms with van der Waals surface area (Å²) in [5.74, 6) is 2.30. The van der Waals surface area contributed by atoms with Gasteiger partial charge in [-0.2, -0.15) is 4.31 Å². The van der Waals surface area contributed by atoms with Crippen LogP contribution in [0.1, 0.15) is 45.4 Å². The molecule has 27 heavy (non-hydrogen) atoms. The fourth-order valence-electron chi connectivity index (χ4n) is 5.36. The second kappa shape index (κ2) is 7.51. The monoisotopic (exact) mass is 391 g/mol. The van der Waals surface area contributed by atoms with Gasteiger partial charge in [0.05, 0.1) is 0 Å². The second-order valence-corrected chi connectivity index (χ2v) is 10.4. The van der Waals surface area contributed by atoms with E-state index in [0.717, 1.165) is 11.8 Å². The molecule has 4 atom stereocenters. The van der Waals surface area contributed by atoms with Crippen LogP contribution in [0, 0.1) is 23.7 Å². The molecule has 1 amide bonds. The third kappa shape index (κ3) is 3.76. The minimum absolute atomic E-state index is 0.0913. The molecule has 2 bridgehead atoms. The van der Waals surface area contributed by atoms with E-state index in [1.54, 1.807) is 18.3 Å². The fourth-order valence-corrected chi connectivity index (χ4v) is 6.80. The van der Waals surface area contributed by atoms with E-state index in [4.69, 9.17) is 0 Å². The summed E-state index contributed by atoms with van der Waals surface area (Å²) in [6.45, 7) is 2.92. The predicted octanol–water partition coefficient (Wildman–Crippen LogP) is 2.42. The molecule has 0 aromatic carbocycles. The minimum Gasteiger partial charge on any atom is -0.353 e. The number of hydrogen-bond donors (Lipinski definition) is 1. The Balaban J connectivity index is 1.30. The zero-order valence-corrected chi connectivity index (χ0v) is 16.7. The van der Waals surface area contributed by atoms with E-state index < -0.39 is 10.0 Å². The predicted molar refractivity (Wildman–Crippen MR) is 102 cm³/mol. The first-order valence-electron chi connectivity index (χ1n) is 10.2. The molecule has 1 aromatic heterocycles. The highest BCUT2D eigenvalue weighted by molar-refractivity contribution is 7.89.